The van der Waals surface area contributed by atoms with E-state index in [1.807, 2.05) is 12.1 Å². The molecule has 1 heterocycles. The van der Waals surface area contributed by atoms with Gasteiger partial charge in [-0.15, -0.1) is 24.0 Å². The summed E-state index contributed by atoms with van der Waals surface area (Å²) in [5.41, 5.74) is 3.33. The molecule has 1 aliphatic heterocycles. The van der Waals surface area contributed by atoms with Crippen LogP contribution in [0.3, 0.4) is 0 Å². The van der Waals surface area contributed by atoms with E-state index < -0.39 is 20.7 Å². The van der Waals surface area contributed by atoms with Gasteiger partial charge in [0, 0.05) is 0 Å². The average Bonchev–Trinajstić information content (AvgIpc) is 2.72. The number of para-hydroxylation sites is 1. The predicted octanol–water partition coefficient (Wildman–Crippen LogP) is 4.46. The van der Waals surface area contributed by atoms with Gasteiger partial charge in [-0.2, -0.15) is 8.42 Å². The van der Waals surface area contributed by atoms with Gasteiger partial charge in [-0.05, 0) is 54.4 Å². The molecule has 2 aliphatic rings. The van der Waals surface area contributed by atoms with Gasteiger partial charge in [0.15, 0.2) is 0 Å². The molecule has 0 saturated heterocycles. The lowest BCUT2D eigenvalue weighted by molar-refractivity contribution is 0.483. The van der Waals surface area contributed by atoms with Crippen molar-refractivity contribution in [3.63, 3.8) is 0 Å². The highest BCUT2D eigenvalue weighted by molar-refractivity contribution is 7.86. The molecule has 174 valence electrons. The fourth-order valence-electron chi connectivity index (χ4n) is 3.08. The van der Waals surface area contributed by atoms with E-state index in [0.717, 1.165) is 33.6 Å². The molecule has 0 unspecified atom stereocenters. The van der Waals surface area contributed by atoms with Crippen LogP contribution in [0.5, 0.6) is 0 Å². The third-order valence-electron chi connectivity index (χ3n) is 4.36. The highest BCUT2D eigenvalue weighted by atomic mass is 32.2. The lowest BCUT2D eigenvalue weighted by Gasteiger charge is -2.08. The fraction of sp³-hybridized carbons (Fsp3) is 0.182. The monoisotopic (exact) mass is 506 g/mol. The highest BCUT2D eigenvalue weighted by Crippen LogP contribution is 2.30. The fourth-order valence-corrected chi connectivity index (χ4v) is 4.69. The van der Waals surface area contributed by atoms with Gasteiger partial charge >= 0.3 is 10.6 Å². The van der Waals surface area contributed by atoms with Crippen molar-refractivity contribution in [2.45, 2.75) is 32.1 Å². The van der Waals surface area contributed by atoms with Gasteiger partial charge in [0.1, 0.15) is 4.90 Å². The molecule has 11 heteroatoms. The highest BCUT2D eigenvalue weighted by Gasteiger charge is 2.14. The zero-order valence-electron chi connectivity index (χ0n) is 16.8. The number of fused-ring (bicyclic) bond motifs is 2. The molecule has 1 aliphatic carbocycles. The van der Waals surface area contributed by atoms with Crippen LogP contribution in [-0.2, 0) is 27.1 Å². The van der Waals surface area contributed by atoms with Crippen LogP contribution < -0.4 is 5.36 Å². The van der Waals surface area contributed by atoms with Crippen LogP contribution in [0.4, 0.5) is 5.69 Å². The Hall–Kier alpha value is -2.99. The van der Waals surface area contributed by atoms with Crippen LogP contribution >= 0.6 is 11.3 Å². The summed E-state index contributed by atoms with van der Waals surface area (Å²) in [6, 6.07) is 18.0. The summed E-state index contributed by atoms with van der Waals surface area (Å²) in [6.45, 7) is 2.16. The summed E-state index contributed by atoms with van der Waals surface area (Å²) < 4.78 is 59.0. The molecule has 4 rings (SSSR count). The summed E-state index contributed by atoms with van der Waals surface area (Å²) in [5, 5.41) is 0.601. The Morgan fingerprint density at radius 3 is 2.39 bits per heavy atom. The lowest BCUT2D eigenvalue weighted by Crippen LogP contribution is -2.03. The van der Waals surface area contributed by atoms with Crippen LogP contribution in [0, 0.1) is 0 Å². The lowest BCUT2D eigenvalue weighted by atomic mass is 10.1. The third-order valence-corrected chi connectivity index (χ3v) is 6.37. The first-order chi connectivity index (χ1) is 15.2. The first-order valence-electron chi connectivity index (χ1n) is 9.39. The predicted molar refractivity (Wildman–Crippen MR) is 128 cm³/mol. The summed E-state index contributed by atoms with van der Waals surface area (Å²) in [6.07, 6.45) is 2.13. The number of rotatable bonds is 4. The van der Waals surface area contributed by atoms with Crippen LogP contribution in [0.15, 0.2) is 70.6 Å². The number of aryl methyl sites for hydroxylation is 1. The zero-order valence-corrected chi connectivity index (χ0v) is 19.2. The molecule has 0 aromatic heterocycles. The van der Waals surface area contributed by atoms with Crippen molar-refractivity contribution in [1.82, 2.24) is 4.98 Å². The van der Waals surface area contributed by atoms with Crippen molar-refractivity contribution >= 4 is 48.0 Å². The molecule has 8 nitrogen and oxygen atoms in total. The van der Waals surface area contributed by atoms with E-state index in [2.05, 4.69) is 30.1 Å². The van der Waals surface area contributed by atoms with Gasteiger partial charge in [-0.25, -0.2) is 9.98 Å². The number of hydrogen-bond acceptors (Lipinski definition) is 8. The number of hydrogen-bond donors (Lipinski definition) is 1. The first-order valence-corrected chi connectivity index (χ1v) is 12.6. The molecule has 0 radical (unpaired) electrons. The Bertz CT molecular complexity index is 1520. The number of nitrogens with zero attached hydrogens (tertiary/aromatic N) is 2. The maximum Gasteiger partial charge on any atom is 0.425 e. The number of aromatic nitrogens is 1. The quantitative estimate of drug-likeness (QED) is 0.319. The van der Waals surface area contributed by atoms with Crippen LogP contribution in [0.25, 0.3) is 20.8 Å². The van der Waals surface area contributed by atoms with Crippen molar-refractivity contribution in [3.05, 3.63) is 71.6 Å². The molecule has 0 saturated carbocycles. The normalized spacial score (nSPS) is 11.5. The number of benzene rings is 3. The molecule has 33 heavy (non-hydrogen) atoms. The largest absolute Gasteiger partial charge is 0.425 e. The summed E-state index contributed by atoms with van der Waals surface area (Å²) >= 11 is 1.62. The zero-order chi connectivity index (χ0) is 23.3. The van der Waals surface area contributed by atoms with Gasteiger partial charge < -0.3 is 0 Å². The second-order valence-electron chi connectivity index (χ2n) is 6.68. The Morgan fingerprint density at radius 1 is 1.03 bits per heavy atom. The van der Waals surface area contributed by atoms with Gasteiger partial charge in [0.25, 0.3) is 10.1 Å². The Balaban J connectivity index is 0.000000714. The minimum absolute atomic E-state index is 0. The topological polar surface area (TPSA) is 131 Å². The second kappa shape index (κ2) is 11.2. The first kappa shape index (κ1) is 26.3. The third kappa shape index (κ3) is 6.99. The van der Waals surface area contributed by atoms with E-state index in [9.17, 15) is 13.0 Å². The Morgan fingerprint density at radius 2 is 1.73 bits per heavy atom. The smallest absolute Gasteiger partial charge is 0.282 e. The molecule has 0 fully saturated rings. The van der Waals surface area contributed by atoms with Crippen LogP contribution in [0.2, 0.25) is 0 Å². The van der Waals surface area contributed by atoms with Crippen LogP contribution in [0.1, 0.15) is 26.3 Å². The van der Waals surface area contributed by atoms with E-state index in [4.69, 9.17) is 17.6 Å². The molecule has 2 aromatic rings. The van der Waals surface area contributed by atoms with Crippen molar-refractivity contribution in [3.8, 4) is 10.6 Å². The summed E-state index contributed by atoms with van der Waals surface area (Å²) in [5.74, 6) is 0. The maximum atomic E-state index is 11.6. The molecule has 1 N–H and O–H groups in total. The molecule has 2 aromatic carbocycles. The maximum absolute atomic E-state index is 11.6. The van der Waals surface area contributed by atoms with Crippen molar-refractivity contribution in [2.24, 2.45) is 4.99 Å². The van der Waals surface area contributed by atoms with E-state index in [1.54, 1.807) is 35.6 Å². The SMILES string of the molecule is C.CCCc1ccc2sc3cc(=Nc4ccccc4S(=O)(=O)O)ccc-3nc2c1.O=S(=O)=O. The van der Waals surface area contributed by atoms with Gasteiger partial charge in [0.05, 0.1) is 31.8 Å². The summed E-state index contributed by atoms with van der Waals surface area (Å²) in [4.78, 5) is 9.92. The van der Waals surface area contributed by atoms with E-state index >= 15 is 0 Å². The second-order valence-corrected chi connectivity index (χ2v) is 9.56. The van der Waals surface area contributed by atoms with E-state index in [1.165, 1.54) is 11.6 Å². The Kier molecular flexibility index (Phi) is 8.94. The summed E-state index contributed by atoms with van der Waals surface area (Å²) in [7, 11) is -7.45. The average molecular weight is 507 g/mol. The van der Waals surface area contributed by atoms with Gasteiger partial charge in [-0.3, -0.25) is 4.55 Å². The van der Waals surface area contributed by atoms with Gasteiger partial charge in [0.2, 0.25) is 0 Å². The minimum atomic E-state index is -4.34. The molecular weight excluding hydrogens is 484 g/mol. The van der Waals surface area contributed by atoms with E-state index in [0.29, 0.717) is 5.36 Å². The Labute approximate surface area is 197 Å². The van der Waals surface area contributed by atoms with Gasteiger partial charge in [-0.1, -0.05) is 39.0 Å². The van der Waals surface area contributed by atoms with Crippen LogP contribution in [-0.4, -0.2) is 30.6 Å². The molecule has 0 bridgehead atoms. The van der Waals surface area contributed by atoms with E-state index in [-0.39, 0.29) is 18.0 Å². The standard InChI is InChI=1S/C21H18N2O3S2.CH4.O3S/c1-2-5-14-8-11-19-18(12-14)23-16-10-9-15(13-20(16)27-19)22-17-6-3-4-7-21(17)28(24,25)26;;1-4(2)3/h3-4,6-13H,2,5H2,1H3,(H,24,25,26);1H4;. The molecule has 0 atom stereocenters. The molecule has 0 spiro atoms. The van der Waals surface area contributed by atoms with Crippen molar-refractivity contribution < 1.29 is 25.6 Å². The van der Waals surface area contributed by atoms with Crippen molar-refractivity contribution in [2.75, 3.05) is 0 Å². The van der Waals surface area contributed by atoms with Crippen molar-refractivity contribution in [1.29, 1.82) is 0 Å². The molecular formula is C22H22N2O6S3. The molecule has 0 amide bonds. The minimum Gasteiger partial charge on any atom is -0.282 e.